The Morgan fingerprint density at radius 1 is 1.75 bits per heavy atom. The molecule has 0 aromatic carbocycles. The maximum atomic E-state index is 8.70. The van der Waals surface area contributed by atoms with E-state index in [0.29, 0.717) is 13.2 Å². The third-order valence-corrected chi connectivity index (χ3v) is 1.14. The summed E-state index contributed by atoms with van der Waals surface area (Å²) < 4.78 is 4.82. The first-order valence-corrected chi connectivity index (χ1v) is 2.34. The van der Waals surface area contributed by atoms with E-state index in [1.807, 2.05) is 0 Å². The lowest BCUT2D eigenvalue weighted by atomic mass is 10.1. The summed E-state index contributed by atoms with van der Waals surface area (Å²) in [5.74, 6) is 0. The van der Waals surface area contributed by atoms with Crippen molar-refractivity contribution in [3.05, 3.63) is 0 Å². The molecule has 2 unspecified atom stereocenters. The molecule has 0 bridgehead atoms. The molecule has 0 aromatic heterocycles. The highest BCUT2D eigenvalue weighted by Crippen LogP contribution is 2.09. The third kappa shape index (κ3) is 1.32. The van der Waals surface area contributed by atoms with Gasteiger partial charge in [0.15, 0.2) is 0 Å². The molecule has 4 heteroatoms. The molecule has 3 N–H and O–H groups in total. The lowest BCUT2D eigenvalue weighted by Crippen LogP contribution is -2.49. The number of nitrogens with two attached hydrogens (primary N) is 1. The molecule has 0 spiro atoms. The van der Waals surface area contributed by atoms with Crippen molar-refractivity contribution in [2.75, 3.05) is 13.2 Å². The van der Waals surface area contributed by atoms with Crippen molar-refractivity contribution in [1.82, 2.24) is 0 Å². The van der Waals surface area contributed by atoms with Gasteiger partial charge in [-0.25, -0.2) is 0 Å². The van der Waals surface area contributed by atoms with Crippen LogP contribution >= 0.6 is 12.4 Å². The first kappa shape index (κ1) is 8.17. The zero-order valence-electron chi connectivity index (χ0n) is 4.41. The monoisotopic (exact) mass is 139 g/mol. The summed E-state index contributed by atoms with van der Waals surface area (Å²) in [6, 6.07) is 0. The van der Waals surface area contributed by atoms with Crippen molar-refractivity contribution in [3.8, 4) is 0 Å². The fourth-order valence-electron chi connectivity index (χ4n) is 0.543. The molecule has 50 valence electrons. The minimum absolute atomic E-state index is 0. The van der Waals surface area contributed by atoms with Gasteiger partial charge in [0.25, 0.3) is 0 Å². The number of aliphatic hydroxyl groups excluding tert-OH is 1. The molecule has 1 heterocycles. The van der Waals surface area contributed by atoms with Crippen LogP contribution in [0.4, 0.5) is 0 Å². The van der Waals surface area contributed by atoms with E-state index < -0.39 is 0 Å². The van der Waals surface area contributed by atoms with Crippen LogP contribution in [0.15, 0.2) is 0 Å². The van der Waals surface area contributed by atoms with E-state index in [4.69, 9.17) is 15.6 Å². The number of halogens is 1. The summed E-state index contributed by atoms with van der Waals surface area (Å²) >= 11 is 0. The zero-order valence-corrected chi connectivity index (χ0v) is 5.23. The van der Waals surface area contributed by atoms with Crippen molar-refractivity contribution in [2.45, 2.75) is 12.2 Å². The van der Waals surface area contributed by atoms with Crippen LogP contribution in [-0.2, 0) is 4.74 Å². The number of aliphatic hydroxyl groups is 1. The fourth-order valence-corrected chi connectivity index (χ4v) is 0.543. The molecule has 0 amide bonds. The molecule has 0 radical (unpaired) electrons. The van der Waals surface area contributed by atoms with Crippen LogP contribution in [0.25, 0.3) is 0 Å². The van der Waals surface area contributed by atoms with Gasteiger partial charge in [0.05, 0.1) is 12.7 Å². The highest BCUT2D eigenvalue weighted by Gasteiger charge is 2.27. The molecular formula is C4H10ClNO2. The molecule has 0 saturated carbocycles. The van der Waals surface area contributed by atoms with Crippen LogP contribution in [0, 0.1) is 0 Å². The largest absolute Gasteiger partial charge is 0.388 e. The SMILES string of the molecule is Cl.NCC1OCC1O. The molecule has 0 aliphatic carbocycles. The van der Waals surface area contributed by atoms with E-state index in [9.17, 15) is 0 Å². The minimum Gasteiger partial charge on any atom is -0.388 e. The van der Waals surface area contributed by atoms with Gasteiger partial charge in [-0.3, -0.25) is 0 Å². The topological polar surface area (TPSA) is 55.5 Å². The number of hydrogen-bond donors (Lipinski definition) is 2. The maximum absolute atomic E-state index is 8.70. The summed E-state index contributed by atoms with van der Waals surface area (Å²) in [5, 5.41) is 8.70. The average Bonchev–Trinajstić information content (AvgIpc) is 1.65. The van der Waals surface area contributed by atoms with Crippen molar-refractivity contribution >= 4 is 12.4 Å². The minimum atomic E-state index is -0.301. The van der Waals surface area contributed by atoms with Crippen LogP contribution in [0.5, 0.6) is 0 Å². The predicted octanol–water partition coefficient (Wildman–Crippen LogP) is -0.873. The van der Waals surface area contributed by atoms with Crippen molar-refractivity contribution in [3.63, 3.8) is 0 Å². The molecule has 8 heavy (non-hydrogen) atoms. The smallest absolute Gasteiger partial charge is 0.105 e. The Labute approximate surface area is 54.2 Å². The van der Waals surface area contributed by atoms with Gasteiger partial charge in [0.1, 0.15) is 6.10 Å². The second-order valence-electron chi connectivity index (χ2n) is 1.67. The second-order valence-corrected chi connectivity index (χ2v) is 1.67. The van der Waals surface area contributed by atoms with Crippen molar-refractivity contribution in [1.29, 1.82) is 0 Å². The first-order chi connectivity index (χ1) is 3.34. The Kier molecular flexibility index (Phi) is 3.31. The van der Waals surface area contributed by atoms with Gasteiger partial charge in [-0.1, -0.05) is 0 Å². The summed E-state index contributed by atoms with van der Waals surface area (Å²) in [7, 11) is 0. The van der Waals surface area contributed by atoms with Crippen LogP contribution < -0.4 is 5.73 Å². The molecule has 1 aliphatic heterocycles. The van der Waals surface area contributed by atoms with Crippen LogP contribution in [0.2, 0.25) is 0 Å². The van der Waals surface area contributed by atoms with Crippen molar-refractivity contribution < 1.29 is 9.84 Å². The summed E-state index contributed by atoms with van der Waals surface area (Å²) in [5.41, 5.74) is 5.14. The Morgan fingerprint density at radius 2 is 2.38 bits per heavy atom. The van der Waals surface area contributed by atoms with Gasteiger partial charge in [-0.15, -0.1) is 12.4 Å². The third-order valence-electron chi connectivity index (χ3n) is 1.14. The highest BCUT2D eigenvalue weighted by molar-refractivity contribution is 5.85. The fraction of sp³-hybridized carbons (Fsp3) is 1.00. The molecule has 0 aromatic rings. The van der Waals surface area contributed by atoms with E-state index in [1.54, 1.807) is 0 Å². The van der Waals surface area contributed by atoms with Gasteiger partial charge in [0, 0.05) is 6.54 Å². The summed E-state index contributed by atoms with van der Waals surface area (Å²) in [4.78, 5) is 0. The van der Waals surface area contributed by atoms with Crippen LogP contribution in [0.1, 0.15) is 0 Å². The van der Waals surface area contributed by atoms with Gasteiger partial charge in [-0.05, 0) is 0 Å². The molecule has 1 rings (SSSR count). The number of hydrogen-bond acceptors (Lipinski definition) is 3. The van der Waals surface area contributed by atoms with E-state index in [1.165, 1.54) is 0 Å². The molecular weight excluding hydrogens is 130 g/mol. The molecule has 3 nitrogen and oxygen atoms in total. The quantitative estimate of drug-likeness (QED) is 0.497. The number of rotatable bonds is 1. The van der Waals surface area contributed by atoms with Gasteiger partial charge < -0.3 is 15.6 Å². The van der Waals surface area contributed by atoms with Crippen molar-refractivity contribution in [2.24, 2.45) is 5.73 Å². The van der Waals surface area contributed by atoms with Gasteiger partial charge in [-0.2, -0.15) is 0 Å². The molecule has 2 atom stereocenters. The van der Waals surface area contributed by atoms with Crippen LogP contribution in [-0.4, -0.2) is 30.5 Å². The maximum Gasteiger partial charge on any atom is 0.105 e. The normalized spacial score (nSPS) is 35.2. The van der Waals surface area contributed by atoms with Gasteiger partial charge in [0.2, 0.25) is 0 Å². The Bertz CT molecular complexity index is 69.1. The lowest BCUT2D eigenvalue weighted by Gasteiger charge is -2.31. The standard InChI is InChI=1S/C4H9NO2.ClH/c5-1-4-3(6)2-7-4;/h3-4,6H,1-2,5H2;1H. The van der Waals surface area contributed by atoms with E-state index in [-0.39, 0.29) is 24.6 Å². The second kappa shape index (κ2) is 3.25. The molecule has 1 fully saturated rings. The Morgan fingerprint density at radius 3 is 2.38 bits per heavy atom. The van der Waals surface area contributed by atoms with Gasteiger partial charge >= 0.3 is 0 Å². The van der Waals surface area contributed by atoms with Crippen LogP contribution in [0.3, 0.4) is 0 Å². The molecule has 1 aliphatic rings. The van der Waals surface area contributed by atoms with E-state index >= 15 is 0 Å². The Hall–Kier alpha value is 0.170. The zero-order chi connectivity index (χ0) is 5.28. The van der Waals surface area contributed by atoms with E-state index in [0.717, 1.165) is 0 Å². The Balaban J connectivity index is 0.000000490. The number of ether oxygens (including phenoxy) is 1. The molecule has 1 saturated heterocycles. The summed E-state index contributed by atoms with van der Waals surface area (Å²) in [6.07, 6.45) is -0.384. The predicted molar refractivity (Wildman–Crippen MR) is 32.0 cm³/mol. The highest BCUT2D eigenvalue weighted by atomic mass is 35.5. The average molecular weight is 140 g/mol. The lowest BCUT2D eigenvalue weighted by molar-refractivity contribution is -0.156. The first-order valence-electron chi connectivity index (χ1n) is 2.34. The summed E-state index contributed by atoms with van der Waals surface area (Å²) in [6.45, 7) is 0.892. The van der Waals surface area contributed by atoms with E-state index in [2.05, 4.69) is 0 Å².